The third-order valence-electron chi connectivity index (χ3n) is 6.48. The second-order valence-electron chi connectivity index (χ2n) is 9.18. The van der Waals surface area contributed by atoms with Crippen LogP contribution in [0.15, 0.2) is 90.3 Å². The summed E-state index contributed by atoms with van der Waals surface area (Å²) in [6.45, 7) is 2.45. The number of nitriles is 1. The molecule has 0 aromatic heterocycles. The van der Waals surface area contributed by atoms with Gasteiger partial charge in [0.15, 0.2) is 11.5 Å². The predicted octanol–water partition coefficient (Wildman–Crippen LogP) is 8.06. The molecule has 10 heteroatoms. The van der Waals surface area contributed by atoms with Crippen LogP contribution in [0.3, 0.4) is 0 Å². The molecule has 1 atom stereocenters. The molecule has 0 spiro atoms. The largest absolute Gasteiger partial charge is 0.490 e. The van der Waals surface area contributed by atoms with Crippen LogP contribution in [0.4, 0.5) is 0 Å². The highest BCUT2D eigenvalue weighted by atomic mass is 35.5. The monoisotopic (exact) mass is 620 g/mol. The van der Waals surface area contributed by atoms with E-state index in [4.69, 9.17) is 59.5 Å². The van der Waals surface area contributed by atoms with Crippen LogP contribution in [0.1, 0.15) is 39.9 Å². The van der Waals surface area contributed by atoms with Gasteiger partial charge in [-0.25, -0.2) is 4.79 Å². The number of hydrogen-bond donors (Lipinski definition) is 1. The van der Waals surface area contributed by atoms with Crippen molar-refractivity contribution in [1.82, 2.24) is 0 Å². The van der Waals surface area contributed by atoms with Crippen molar-refractivity contribution < 1.29 is 23.7 Å². The number of carbonyl (C=O) groups excluding carboxylic acids is 1. The summed E-state index contributed by atoms with van der Waals surface area (Å²) in [5, 5.41) is 11.5. The maximum Gasteiger partial charge on any atom is 0.343 e. The minimum atomic E-state index is -0.571. The number of hydrogen-bond acceptors (Lipinski definition) is 7. The van der Waals surface area contributed by atoms with Crippen molar-refractivity contribution in [2.24, 2.45) is 5.73 Å². The van der Waals surface area contributed by atoms with Crippen molar-refractivity contribution in [3.8, 4) is 29.1 Å². The number of benzene rings is 4. The summed E-state index contributed by atoms with van der Waals surface area (Å²) in [6, 6.07) is 24.1. The van der Waals surface area contributed by atoms with Gasteiger partial charge in [-0.15, -0.1) is 0 Å². The number of carbonyl (C=O) groups is 1. The van der Waals surface area contributed by atoms with E-state index < -0.39 is 11.9 Å². The van der Waals surface area contributed by atoms with Crippen LogP contribution in [0, 0.1) is 11.3 Å². The van der Waals surface area contributed by atoms with Crippen LogP contribution in [0.25, 0.3) is 0 Å². The average Bonchev–Trinajstić information content (AvgIpc) is 2.97. The van der Waals surface area contributed by atoms with Gasteiger partial charge in [-0.3, -0.25) is 0 Å². The summed E-state index contributed by atoms with van der Waals surface area (Å²) >= 11 is 18.2. The van der Waals surface area contributed by atoms with Gasteiger partial charge >= 0.3 is 5.97 Å². The van der Waals surface area contributed by atoms with Gasteiger partial charge in [0.1, 0.15) is 29.7 Å². The van der Waals surface area contributed by atoms with E-state index in [1.165, 1.54) is 0 Å². The number of allylic oxidation sites excluding steroid dienone is 1. The third-order valence-corrected chi connectivity index (χ3v) is 7.32. The summed E-state index contributed by atoms with van der Waals surface area (Å²) in [7, 11) is 0. The fourth-order valence-corrected chi connectivity index (χ4v) is 5.07. The molecule has 4 aromatic carbocycles. The number of fused-ring (bicyclic) bond motifs is 1. The van der Waals surface area contributed by atoms with Gasteiger partial charge in [0.2, 0.25) is 5.88 Å². The van der Waals surface area contributed by atoms with Gasteiger partial charge < -0.3 is 24.7 Å². The lowest BCUT2D eigenvalue weighted by atomic mass is 9.83. The molecule has 0 saturated heterocycles. The molecule has 2 N–H and O–H groups in total. The Kier molecular flexibility index (Phi) is 8.79. The molecule has 0 radical (unpaired) electrons. The molecule has 0 bridgehead atoms. The van der Waals surface area contributed by atoms with Crippen LogP contribution >= 0.6 is 34.8 Å². The first kappa shape index (κ1) is 29.2. The summed E-state index contributed by atoms with van der Waals surface area (Å²) in [6.07, 6.45) is 0. The Morgan fingerprint density at radius 1 is 0.929 bits per heavy atom. The highest BCUT2D eigenvalue weighted by Crippen LogP contribution is 2.45. The molecular formula is C32H23Cl3N2O5. The van der Waals surface area contributed by atoms with Crippen LogP contribution in [-0.4, -0.2) is 12.6 Å². The van der Waals surface area contributed by atoms with Gasteiger partial charge in [0, 0.05) is 32.3 Å². The molecule has 0 fully saturated rings. The lowest BCUT2D eigenvalue weighted by Crippen LogP contribution is -2.21. The predicted molar refractivity (Wildman–Crippen MR) is 161 cm³/mol. The van der Waals surface area contributed by atoms with Crippen molar-refractivity contribution in [3.05, 3.63) is 128 Å². The standard InChI is InChI=1S/C32H23Cl3N2O5/c1-2-39-29-13-19(6-12-27(29)40-17-20-5-9-22(34)14-26(20)35)30-24-11-10-23(15-28(24)42-31(37)25(30)16-36)41-32(38)18-3-7-21(33)8-4-18/h3-15,30H,2,17,37H2,1H3. The smallest absolute Gasteiger partial charge is 0.343 e. The zero-order chi connectivity index (χ0) is 29.8. The molecule has 7 nitrogen and oxygen atoms in total. The zero-order valence-corrected chi connectivity index (χ0v) is 24.5. The van der Waals surface area contributed by atoms with Crippen molar-refractivity contribution in [3.63, 3.8) is 0 Å². The number of esters is 1. The van der Waals surface area contributed by atoms with Crippen LogP contribution in [0.2, 0.25) is 15.1 Å². The number of rotatable bonds is 8. The van der Waals surface area contributed by atoms with E-state index in [0.717, 1.165) is 11.1 Å². The van der Waals surface area contributed by atoms with Gasteiger partial charge in [0.05, 0.1) is 18.1 Å². The van der Waals surface area contributed by atoms with Crippen molar-refractivity contribution in [2.45, 2.75) is 19.4 Å². The molecule has 1 aliphatic heterocycles. The SMILES string of the molecule is CCOc1cc(C2C(C#N)=C(N)Oc3cc(OC(=O)c4ccc(Cl)cc4)ccc32)ccc1OCc1ccc(Cl)cc1Cl. The Morgan fingerprint density at radius 2 is 1.69 bits per heavy atom. The number of nitrogens with zero attached hydrogens (tertiary/aromatic N) is 1. The molecule has 4 aromatic rings. The topological polar surface area (TPSA) is 104 Å². The molecule has 1 heterocycles. The summed E-state index contributed by atoms with van der Waals surface area (Å²) in [4.78, 5) is 12.6. The molecule has 0 saturated carbocycles. The van der Waals surface area contributed by atoms with E-state index in [2.05, 4.69) is 6.07 Å². The molecule has 0 aliphatic carbocycles. The minimum absolute atomic E-state index is 0.0492. The van der Waals surface area contributed by atoms with E-state index in [9.17, 15) is 10.1 Å². The summed E-state index contributed by atoms with van der Waals surface area (Å²) < 4.78 is 23.3. The number of ether oxygens (including phenoxy) is 4. The summed E-state index contributed by atoms with van der Waals surface area (Å²) in [5.74, 6) is 0.410. The molecule has 5 rings (SSSR count). The highest BCUT2D eigenvalue weighted by molar-refractivity contribution is 6.35. The molecule has 1 unspecified atom stereocenters. The first-order chi connectivity index (χ1) is 20.3. The normalized spacial score (nSPS) is 13.9. The van der Waals surface area contributed by atoms with Gasteiger partial charge in [-0.1, -0.05) is 53.0 Å². The van der Waals surface area contributed by atoms with Crippen molar-refractivity contribution in [1.29, 1.82) is 5.26 Å². The Morgan fingerprint density at radius 3 is 2.40 bits per heavy atom. The van der Waals surface area contributed by atoms with E-state index in [0.29, 0.717) is 50.1 Å². The zero-order valence-electron chi connectivity index (χ0n) is 22.2. The summed E-state index contributed by atoms with van der Waals surface area (Å²) in [5.41, 5.74) is 8.92. The van der Waals surface area contributed by atoms with Gasteiger partial charge in [-0.05, 0) is 67.1 Å². The molecule has 1 aliphatic rings. The lowest BCUT2D eigenvalue weighted by molar-refractivity contribution is 0.0734. The molecular weight excluding hydrogens is 599 g/mol. The third kappa shape index (κ3) is 6.27. The van der Waals surface area contributed by atoms with Gasteiger partial charge in [-0.2, -0.15) is 5.26 Å². The second-order valence-corrected chi connectivity index (χ2v) is 10.5. The van der Waals surface area contributed by atoms with E-state index >= 15 is 0 Å². The molecule has 0 amide bonds. The molecule has 42 heavy (non-hydrogen) atoms. The average molecular weight is 622 g/mol. The maximum atomic E-state index is 12.6. The lowest BCUT2D eigenvalue weighted by Gasteiger charge is -2.27. The quantitative estimate of drug-likeness (QED) is 0.157. The molecule has 212 valence electrons. The van der Waals surface area contributed by atoms with Crippen LogP contribution in [-0.2, 0) is 6.61 Å². The van der Waals surface area contributed by atoms with Gasteiger partial charge in [0.25, 0.3) is 0 Å². The number of halogens is 3. The second kappa shape index (κ2) is 12.7. The van der Waals surface area contributed by atoms with E-state index in [1.54, 1.807) is 72.8 Å². The minimum Gasteiger partial charge on any atom is -0.490 e. The Hall–Kier alpha value is -4.35. The maximum absolute atomic E-state index is 12.6. The Bertz CT molecular complexity index is 1730. The van der Waals surface area contributed by atoms with Crippen molar-refractivity contribution in [2.75, 3.05) is 6.61 Å². The fourth-order valence-electron chi connectivity index (χ4n) is 4.48. The van der Waals surface area contributed by atoms with Crippen LogP contribution < -0.4 is 24.7 Å². The van der Waals surface area contributed by atoms with E-state index in [1.807, 2.05) is 13.0 Å². The van der Waals surface area contributed by atoms with E-state index in [-0.39, 0.29) is 23.8 Å². The first-order valence-electron chi connectivity index (χ1n) is 12.8. The Balaban J connectivity index is 1.44. The number of nitrogens with two attached hydrogens (primary N) is 1. The first-order valence-corrected chi connectivity index (χ1v) is 13.9. The Labute approximate surface area is 257 Å². The van der Waals surface area contributed by atoms with Crippen molar-refractivity contribution >= 4 is 40.8 Å². The highest BCUT2D eigenvalue weighted by Gasteiger charge is 2.32. The van der Waals surface area contributed by atoms with Crippen LogP contribution in [0.5, 0.6) is 23.0 Å². The fraction of sp³-hybridized carbons (Fsp3) is 0.125.